The van der Waals surface area contributed by atoms with E-state index >= 15 is 0 Å². The lowest BCUT2D eigenvalue weighted by Crippen LogP contribution is -1.99. The minimum absolute atomic E-state index is 0.767. The molecule has 1 nitrogen and oxygen atoms in total. The Balaban J connectivity index is 2.61. The summed E-state index contributed by atoms with van der Waals surface area (Å²) < 4.78 is 0. The highest BCUT2D eigenvalue weighted by molar-refractivity contribution is 6.32. The normalized spacial score (nSPS) is 10.4. The first-order chi connectivity index (χ1) is 6.25. The Kier molecular flexibility index (Phi) is 4.26. The topological polar surface area (TPSA) is 26.0 Å². The van der Waals surface area contributed by atoms with Gasteiger partial charge in [0.15, 0.2) is 0 Å². The van der Waals surface area contributed by atoms with E-state index in [1.165, 1.54) is 5.56 Å². The molecule has 0 radical (unpaired) electrons. The zero-order chi connectivity index (χ0) is 9.68. The Morgan fingerprint density at radius 2 is 2.08 bits per heavy atom. The molecular weight excluding hydrogens is 182 g/mol. The molecule has 1 aromatic rings. The molecule has 0 fully saturated rings. The SMILES string of the molecule is Cc1cccc(CCCCN)c1Cl. The van der Waals surface area contributed by atoms with Crippen molar-refractivity contribution in [2.75, 3.05) is 6.54 Å². The Morgan fingerprint density at radius 3 is 2.77 bits per heavy atom. The van der Waals surface area contributed by atoms with E-state index in [2.05, 4.69) is 12.1 Å². The van der Waals surface area contributed by atoms with Crippen LogP contribution in [0.4, 0.5) is 0 Å². The highest BCUT2D eigenvalue weighted by Crippen LogP contribution is 2.21. The van der Waals surface area contributed by atoms with Crippen LogP contribution in [0.3, 0.4) is 0 Å². The summed E-state index contributed by atoms with van der Waals surface area (Å²) in [5.41, 5.74) is 7.83. The Bertz CT molecular complexity index is 271. The first-order valence-electron chi connectivity index (χ1n) is 4.69. The van der Waals surface area contributed by atoms with Crippen LogP contribution in [0.15, 0.2) is 18.2 Å². The fourth-order valence-electron chi connectivity index (χ4n) is 1.36. The third-order valence-electron chi connectivity index (χ3n) is 2.17. The monoisotopic (exact) mass is 197 g/mol. The Labute approximate surface area is 84.9 Å². The van der Waals surface area contributed by atoms with E-state index in [0.717, 1.165) is 36.4 Å². The molecule has 0 amide bonds. The van der Waals surface area contributed by atoms with Gasteiger partial charge in [-0.2, -0.15) is 0 Å². The minimum Gasteiger partial charge on any atom is -0.330 e. The summed E-state index contributed by atoms with van der Waals surface area (Å²) in [6.07, 6.45) is 3.24. The van der Waals surface area contributed by atoms with Crippen LogP contribution in [0, 0.1) is 6.92 Å². The van der Waals surface area contributed by atoms with Gasteiger partial charge in [0.1, 0.15) is 0 Å². The largest absolute Gasteiger partial charge is 0.330 e. The van der Waals surface area contributed by atoms with Crippen molar-refractivity contribution in [3.05, 3.63) is 34.3 Å². The van der Waals surface area contributed by atoms with Gasteiger partial charge in [-0.05, 0) is 43.9 Å². The molecule has 0 aliphatic carbocycles. The van der Waals surface area contributed by atoms with E-state index in [9.17, 15) is 0 Å². The Morgan fingerprint density at radius 1 is 1.31 bits per heavy atom. The van der Waals surface area contributed by atoms with Crippen molar-refractivity contribution in [3.8, 4) is 0 Å². The van der Waals surface area contributed by atoms with Crippen LogP contribution in [0.1, 0.15) is 24.0 Å². The molecule has 0 saturated heterocycles. The fraction of sp³-hybridized carbons (Fsp3) is 0.455. The number of unbranched alkanes of at least 4 members (excludes halogenated alkanes) is 1. The predicted octanol–water partition coefficient (Wildman–Crippen LogP) is 2.93. The molecule has 0 spiro atoms. The van der Waals surface area contributed by atoms with E-state index in [0.29, 0.717) is 0 Å². The molecule has 0 aliphatic heterocycles. The maximum atomic E-state index is 6.14. The molecule has 0 heterocycles. The average Bonchev–Trinajstić information content (AvgIpc) is 2.13. The van der Waals surface area contributed by atoms with E-state index in [1.54, 1.807) is 0 Å². The summed E-state index contributed by atoms with van der Waals surface area (Å²) in [5.74, 6) is 0. The molecule has 0 aliphatic rings. The van der Waals surface area contributed by atoms with Gasteiger partial charge in [0.25, 0.3) is 0 Å². The van der Waals surface area contributed by atoms with Crippen LogP contribution in [0.2, 0.25) is 5.02 Å². The van der Waals surface area contributed by atoms with Crippen molar-refractivity contribution in [1.29, 1.82) is 0 Å². The molecule has 0 atom stereocenters. The van der Waals surface area contributed by atoms with Crippen LogP contribution in [0.5, 0.6) is 0 Å². The second kappa shape index (κ2) is 5.25. The summed E-state index contributed by atoms with van der Waals surface area (Å²) in [6, 6.07) is 6.18. The number of hydrogen-bond donors (Lipinski definition) is 1. The molecule has 0 saturated carbocycles. The van der Waals surface area contributed by atoms with Crippen LogP contribution in [-0.2, 0) is 6.42 Å². The van der Waals surface area contributed by atoms with Crippen LogP contribution >= 0.6 is 11.6 Å². The van der Waals surface area contributed by atoms with Crippen molar-refractivity contribution in [2.24, 2.45) is 5.73 Å². The lowest BCUT2D eigenvalue weighted by molar-refractivity contribution is 0.744. The van der Waals surface area contributed by atoms with Crippen molar-refractivity contribution in [1.82, 2.24) is 0 Å². The second-order valence-corrected chi connectivity index (χ2v) is 3.67. The van der Waals surface area contributed by atoms with E-state index in [1.807, 2.05) is 13.0 Å². The molecule has 0 bridgehead atoms. The van der Waals surface area contributed by atoms with Crippen molar-refractivity contribution in [3.63, 3.8) is 0 Å². The van der Waals surface area contributed by atoms with E-state index < -0.39 is 0 Å². The molecule has 1 rings (SSSR count). The summed E-state index contributed by atoms with van der Waals surface area (Å²) in [4.78, 5) is 0. The zero-order valence-electron chi connectivity index (χ0n) is 8.02. The number of benzene rings is 1. The fourth-order valence-corrected chi connectivity index (χ4v) is 1.58. The molecule has 13 heavy (non-hydrogen) atoms. The van der Waals surface area contributed by atoms with E-state index in [-0.39, 0.29) is 0 Å². The lowest BCUT2D eigenvalue weighted by atomic mass is 10.1. The number of nitrogens with two attached hydrogens (primary N) is 1. The maximum Gasteiger partial charge on any atom is 0.0467 e. The van der Waals surface area contributed by atoms with Crippen LogP contribution in [-0.4, -0.2) is 6.54 Å². The van der Waals surface area contributed by atoms with Gasteiger partial charge in [-0.25, -0.2) is 0 Å². The smallest absolute Gasteiger partial charge is 0.0467 e. The van der Waals surface area contributed by atoms with Gasteiger partial charge in [0.2, 0.25) is 0 Å². The summed E-state index contributed by atoms with van der Waals surface area (Å²) >= 11 is 6.14. The highest BCUT2D eigenvalue weighted by Gasteiger charge is 2.01. The molecule has 0 unspecified atom stereocenters. The summed E-state index contributed by atoms with van der Waals surface area (Å²) in [6.45, 7) is 2.80. The number of hydrogen-bond acceptors (Lipinski definition) is 1. The molecule has 1 aromatic carbocycles. The summed E-state index contributed by atoms with van der Waals surface area (Å²) in [7, 11) is 0. The quantitative estimate of drug-likeness (QED) is 0.739. The summed E-state index contributed by atoms with van der Waals surface area (Å²) in [5, 5.41) is 0.916. The molecule has 0 aromatic heterocycles. The highest BCUT2D eigenvalue weighted by atomic mass is 35.5. The van der Waals surface area contributed by atoms with Gasteiger partial charge in [0.05, 0.1) is 0 Å². The third kappa shape index (κ3) is 3.02. The van der Waals surface area contributed by atoms with Crippen LogP contribution < -0.4 is 5.73 Å². The predicted molar refractivity (Wildman–Crippen MR) is 58.2 cm³/mol. The van der Waals surface area contributed by atoms with Gasteiger partial charge in [-0.3, -0.25) is 0 Å². The van der Waals surface area contributed by atoms with Gasteiger partial charge in [0, 0.05) is 5.02 Å². The van der Waals surface area contributed by atoms with Crippen molar-refractivity contribution < 1.29 is 0 Å². The number of rotatable bonds is 4. The molecule has 72 valence electrons. The van der Waals surface area contributed by atoms with Crippen molar-refractivity contribution in [2.45, 2.75) is 26.2 Å². The van der Waals surface area contributed by atoms with Gasteiger partial charge in [-0.1, -0.05) is 29.8 Å². The third-order valence-corrected chi connectivity index (χ3v) is 2.71. The molecular formula is C11H16ClN. The first-order valence-corrected chi connectivity index (χ1v) is 5.07. The van der Waals surface area contributed by atoms with Gasteiger partial charge >= 0.3 is 0 Å². The van der Waals surface area contributed by atoms with Crippen molar-refractivity contribution >= 4 is 11.6 Å². The average molecular weight is 198 g/mol. The molecule has 2 N–H and O–H groups in total. The van der Waals surface area contributed by atoms with Crippen LogP contribution in [0.25, 0.3) is 0 Å². The molecule has 2 heteroatoms. The second-order valence-electron chi connectivity index (χ2n) is 3.29. The first kappa shape index (κ1) is 10.6. The Hall–Kier alpha value is -0.530. The minimum atomic E-state index is 0.767. The standard InChI is InChI=1S/C11H16ClN/c1-9-5-4-7-10(11(9)12)6-2-3-8-13/h4-5,7H,2-3,6,8,13H2,1H3. The lowest BCUT2D eigenvalue weighted by Gasteiger charge is -2.05. The van der Waals surface area contributed by atoms with Gasteiger partial charge < -0.3 is 5.73 Å². The van der Waals surface area contributed by atoms with Gasteiger partial charge in [-0.15, -0.1) is 0 Å². The zero-order valence-corrected chi connectivity index (χ0v) is 8.77. The number of aryl methyl sites for hydroxylation is 2. The maximum absolute atomic E-state index is 6.14. The van der Waals surface area contributed by atoms with E-state index in [4.69, 9.17) is 17.3 Å². The number of halogens is 1.